The Labute approximate surface area is 164 Å². The highest BCUT2D eigenvalue weighted by Crippen LogP contribution is 2.21. The lowest BCUT2D eigenvalue weighted by molar-refractivity contribution is 0.0693. The lowest BCUT2D eigenvalue weighted by Crippen LogP contribution is -2.25. The van der Waals surface area contributed by atoms with Crippen LogP contribution in [0.3, 0.4) is 0 Å². The molecule has 2 heterocycles. The summed E-state index contributed by atoms with van der Waals surface area (Å²) < 4.78 is 12.5. The van der Waals surface area contributed by atoms with Crippen LogP contribution in [-0.4, -0.2) is 53.9 Å². The topological polar surface area (TPSA) is 81.0 Å². The number of carboxylic acids is 1. The number of likely N-dealkylation sites (tertiary alicyclic amines) is 1. The lowest BCUT2D eigenvalue weighted by atomic mass is 10.1. The molecule has 1 aromatic carbocycles. The monoisotopic (exact) mass is 386 g/mol. The van der Waals surface area contributed by atoms with Gasteiger partial charge in [-0.15, -0.1) is 0 Å². The van der Waals surface area contributed by atoms with Gasteiger partial charge in [-0.3, -0.25) is 4.79 Å². The summed E-state index contributed by atoms with van der Waals surface area (Å²) in [6, 6.07) is 8.90. The molecule has 0 bridgehead atoms. The predicted molar refractivity (Wildman–Crippen MR) is 105 cm³/mol. The van der Waals surface area contributed by atoms with Crippen LogP contribution in [0.5, 0.6) is 11.5 Å². The molecule has 2 aromatic rings. The largest absolute Gasteiger partial charge is 0.477 e. The van der Waals surface area contributed by atoms with E-state index in [0.29, 0.717) is 18.2 Å². The Hall–Kier alpha value is -2.64. The fourth-order valence-electron chi connectivity index (χ4n) is 3.55. The summed E-state index contributed by atoms with van der Waals surface area (Å²) in [6.45, 7) is 4.37. The van der Waals surface area contributed by atoms with Crippen LogP contribution in [0.4, 0.5) is 0 Å². The number of nitrogens with zero attached hydrogens (tertiary/aromatic N) is 2. The Morgan fingerprint density at radius 3 is 2.75 bits per heavy atom. The molecule has 7 nitrogen and oxygen atoms in total. The maximum absolute atomic E-state index is 12.5. The number of benzene rings is 1. The van der Waals surface area contributed by atoms with E-state index in [1.165, 1.54) is 6.20 Å². The normalized spacial score (nSPS) is 17.0. The second kappa shape index (κ2) is 9.52. The summed E-state index contributed by atoms with van der Waals surface area (Å²) in [5.74, 6) is -0.318. The molecule has 1 atom stereocenters. The van der Waals surface area contributed by atoms with Crippen LogP contribution < -0.4 is 10.2 Å². The number of carboxylic acid groups (broad SMARTS) is 1. The Morgan fingerprint density at radius 1 is 1.25 bits per heavy atom. The van der Waals surface area contributed by atoms with Crippen molar-refractivity contribution in [2.24, 2.45) is 5.92 Å². The summed E-state index contributed by atoms with van der Waals surface area (Å²) >= 11 is 0. The molecular formula is C21H26N2O5. The van der Waals surface area contributed by atoms with Gasteiger partial charge in [-0.2, -0.15) is 0 Å². The average molecular weight is 386 g/mol. The molecule has 0 saturated carbocycles. The van der Waals surface area contributed by atoms with E-state index in [2.05, 4.69) is 4.90 Å². The van der Waals surface area contributed by atoms with Gasteiger partial charge in [0, 0.05) is 39.5 Å². The van der Waals surface area contributed by atoms with Crippen molar-refractivity contribution < 1.29 is 19.4 Å². The minimum atomic E-state index is -1.25. The van der Waals surface area contributed by atoms with Gasteiger partial charge in [0.1, 0.15) is 11.3 Å². The highest BCUT2D eigenvalue weighted by molar-refractivity contribution is 5.87. The Balaban J connectivity index is 1.74. The molecule has 1 aliphatic rings. The molecule has 1 saturated heterocycles. The molecule has 1 aliphatic heterocycles. The Morgan fingerprint density at radius 2 is 2.04 bits per heavy atom. The zero-order valence-electron chi connectivity index (χ0n) is 16.0. The van der Waals surface area contributed by atoms with Gasteiger partial charge in [0.2, 0.25) is 5.43 Å². The quantitative estimate of drug-likeness (QED) is 0.668. The van der Waals surface area contributed by atoms with Gasteiger partial charge in [-0.25, -0.2) is 4.79 Å². The number of rotatable bonds is 9. The van der Waals surface area contributed by atoms with E-state index in [9.17, 15) is 14.7 Å². The molecule has 150 valence electrons. The molecule has 28 heavy (non-hydrogen) atoms. The maximum atomic E-state index is 12.5. The van der Waals surface area contributed by atoms with Crippen LogP contribution in [0, 0.1) is 5.92 Å². The first-order chi connectivity index (χ1) is 13.6. The molecule has 1 aromatic heterocycles. The van der Waals surface area contributed by atoms with Gasteiger partial charge < -0.3 is 24.0 Å². The van der Waals surface area contributed by atoms with E-state index < -0.39 is 11.4 Å². The van der Waals surface area contributed by atoms with Crippen molar-refractivity contribution in [1.82, 2.24) is 9.47 Å². The van der Waals surface area contributed by atoms with Crippen molar-refractivity contribution >= 4 is 5.97 Å². The number of methoxy groups -OCH3 is 1. The van der Waals surface area contributed by atoms with Gasteiger partial charge >= 0.3 is 5.97 Å². The molecule has 0 radical (unpaired) electrons. The lowest BCUT2D eigenvalue weighted by Gasteiger charge is -2.17. The third-order valence-electron chi connectivity index (χ3n) is 4.91. The van der Waals surface area contributed by atoms with Gasteiger partial charge in [0.25, 0.3) is 0 Å². The zero-order chi connectivity index (χ0) is 19.9. The highest BCUT2D eigenvalue weighted by atomic mass is 16.5. The number of aromatic nitrogens is 1. The predicted octanol–water partition coefficient (Wildman–Crippen LogP) is 2.70. The average Bonchev–Trinajstić information content (AvgIpc) is 3.12. The second-order valence-corrected chi connectivity index (χ2v) is 7.08. The van der Waals surface area contributed by atoms with Crippen molar-refractivity contribution in [1.29, 1.82) is 0 Å². The number of para-hydroxylation sites is 1. The zero-order valence-corrected chi connectivity index (χ0v) is 16.0. The summed E-state index contributed by atoms with van der Waals surface area (Å²) in [5.41, 5.74) is -0.886. The first-order valence-corrected chi connectivity index (χ1v) is 9.48. The fraction of sp³-hybridized carbons (Fsp3) is 0.429. The Kier molecular flexibility index (Phi) is 6.84. The molecule has 3 rings (SSSR count). The molecule has 0 unspecified atom stereocenters. The highest BCUT2D eigenvalue weighted by Gasteiger charge is 2.23. The van der Waals surface area contributed by atoms with Crippen molar-refractivity contribution in [2.45, 2.75) is 19.4 Å². The minimum Gasteiger partial charge on any atom is -0.477 e. The Bertz CT molecular complexity index is 850. The fourth-order valence-corrected chi connectivity index (χ4v) is 3.55. The van der Waals surface area contributed by atoms with Crippen LogP contribution in [0.2, 0.25) is 0 Å². The summed E-state index contributed by atoms with van der Waals surface area (Å²) in [5, 5.41) is 9.42. The van der Waals surface area contributed by atoms with Crippen LogP contribution in [0.1, 0.15) is 23.2 Å². The van der Waals surface area contributed by atoms with Crippen molar-refractivity contribution in [3.05, 3.63) is 58.5 Å². The number of aromatic carboxylic acids is 1. The van der Waals surface area contributed by atoms with Crippen LogP contribution in [0.15, 0.2) is 47.5 Å². The molecule has 0 spiro atoms. The molecule has 7 heteroatoms. The summed E-state index contributed by atoms with van der Waals surface area (Å²) in [4.78, 5) is 26.4. The number of carbonyl (C=O) groups is 1. The van der Waals surface area contributed by atoms with Crippen molar-refractivity contribution in [3.8, 4) is 11.5 Å². The van der Waals surface area contributed by atoms with Gasteiger partial charge in [-0.1, -0.05) is 18.2 Å². The number of ether oxygens (including phenoxy) is 2. The van der Waals surface area contributed by atoms with Gasteiger partial charge in [0.05, 0.1) is 6.20 Å². The third kappa shape index (κ3) is 5.21. The van der Waals surface area contributed by atoms with E-state index in [4.69, 9.17) is 9.47 Å². The second-order valence-electron chi connectivity index (χ2n) is 7.08. The summed E-state index contributed by atoms with van der Waals surface area (Å²) in [6.07, 6.45) is 5.06. The standard InChI is InChI=1S/C21H26N2O5/c1-27-11-5-9-22-10-8-16(12-22)13-23-14-18(21(25)26)20(24)19(15-23)28-17-6-3-2-4-7-17/h2-4,6-7,14-16H,5,8-13H2,1H3,(H,25,26)/t16-/m1/s1. The van der Waals surface area contributed by atoms with E-state index in [1.54, 1.807) is 42.1 Å². The number of hydrogen-bond acceptors (Lipinski definition) is 5. The summed E-state index contributed by atoms with van der Waals surface area (Å²) in [7, 11) is 1.71. The van der Waals surface area contributed by atoms with E-state index in [-0.39, 0.29) is 11.3 Å². The SMILES string of the molecule is COCCCN1CC[C@@H](Cn2cc(Oc3ccccc3)c(=O)c(C(=O)O)c2)C1. The molecule has 1 N–H and O–H groups in total. The van der Waals surface area contributed by atoms with E-state index in [1.807, 2.05) is 6.07 Å². The molecule has 0 amide bonds. The number of hydrogen-bond donors (Lipinski definition) is 1. The molecule has 0 aliphatic carbocycles. The number of pyridine rings is 1. The van der Waals surface area contributed by atoms with Gasteiger partial charge in [-0.05, 0) is 37.4 Å². The first kappa shape index (κ1) is 20.1. The smallest absolute Gasteiger partial charge is 0.341 e. The van der Waals surface area contributed by atoms with Crippen LogP contribution in [-0.2, 0) is 11.3 Å². The van der Waals surface area contributed by atoms with Crippen LogP contribution >= 0.6 is 0 Å². The van der Waals surface area contributed by atoms with Crippen LogP contribution in [0.25, 0.3) is 0 Å². The molecular weight excluding hydrogens is 360 g/mol. The minimum absolute atomic E-state index is 0.0287. The third-order valence-corrected chi connectivity index (χ3v) is 4.91. The first-order valence-electron chi connectivity index (χ1n) is 9.48. The van der Waals surface area contributed by atoms with E-state index in [0.717, 1.165) is 39.1 Å². The molecule has 1 fully saturated rings. The van der Waals surface area contributed by atoms with Crippen molar-refractivity contribution in [3.63, 3.8) is 0 Å². The van der Waals surface area contributed by atoms with Gasteiger partial charge in [0.15, 0.2) is 5.75 Å². The van der Waals surface area contributed by atoms with E-state index >= 15 is 0 Å². The maximum Gasteiger partial charge on any atom is 0.341 e. The van der Waals surface area contributed by atoms with Crippen molar-refractivity contribution in [2.75, 3.05) is 33.4 Å².